The van der Waals surface area contributed by atoms with E-state index in [0.717, 1.165) is 0 Å². The van der Waals surface area contributed by atoms with E-state index in [0.29, 0.717) is 18.2 Å². The molecule has 19 heavy (non-hydrogen) atoms. The van der Waals surface area contributed by atoms with Gasteiger partial charge in [-0.3, -0.25) is 0 Å². The van der Waals surface area contributed by atoms with Crippen molar-refractivity contribution >= 4 is 0 Å². The van der Waals surface area contributed by atoms with Crippen LogP contribution in [-0.2, 0) is 18.8 Å². The summed E-state index contributed by atoms with van der Waals surface area (Å²) in [4.78, 5) is 0. The van der Waals surface area contributed by atoms with E-state index in [1.165, 1.54) is 0 Å². The van der Waals surface area contributed by atoms with Gasteiger partial charge in [0.25, 0.3) is 0 Å². The smallest absolute Gasteiger partial charge is 0.395 e. The van der Waals surface area contributed by atoms with Crippen molar-refractivity contribution < 1.29 is 31.4 Å². The highest BCUT2D eigenvalue weighted by atomic mass is 19.4. The molecule has 0 spiro atoms. The third-order valence-electron chi connectivity index (χ3n) is 2.45. The predicted octanol–water partition coefficient (Wildman–Crippen LogP) is 2.59. The standard InChI is InChI=1S/C11H11F6NO/c12-10(13,14)7-1-2-9(11(15,16)17)6(3-7)4-8(18)5-19/h1-3,8,19H,4-5,18H2. The molecule has 1 aromatic carbocycles. The van der Waals surface area contributed by atoms with Gasteiger partial charge in [0.05, 0.1) is 17.7 Å². The minimum absolute atomic E-state index is 0.372. The summed E-state index contributed by atoms with van der Waals surface area (Å²) in [5.74, 6) is 0. The number of halogens is 6. The summed E-state index contributed by atoms with van der Waals surface area (Å²) < 4.78 is 75.3. The molecule has 108 valence electrons. The molecule has 2 nitrogen and oxygen atoms in total. The van der Waals surface area contributed by atoms with Crippen LogP contribution in [0.25, 0.3) is 0 Å². The molecule has 1 rings (SSSR count). The molecule has 0 bridgehead atoms. The highest BCUT2D eigenvalue weighted by Gasteiger charge is 2.37. The zero-order valence-electron chi connectivity index (χ0n) is 9.52. The van der Waals surface area contributed by atoms with Gasteiger partial charge in [-0.1, -0.05) is 0 Å². The minimum Gasteiger partial charge on any atom is -0.395 e. The Labute approximate surface area is 104 Å². The predicted molar refractivity (Wildman–Crippen MR) is 55.2 cm³/mol. The van der Waals surface area contributed by atoms with Crippen LogP contribution < -0.4 is 5.73 Å². The second kappa shape index (κ2) is 5.38. The number of rotatable bonds is 3. The van der Waals surface area contributed by atoms with Gasteiger partial charge in [0, 0.05) is 6.04 Å². The molecule has 0 fully saturated rings. The molecule has 0 aliphatic heterocycles. The van der Waals surface area contributed by atoms with E-state index in [2.05, 4.69) is 0 Å². The van der Waals surface area contributed by atoms with Gasteiger partial charge in [-0.15, -0.1) is 0 Å². The topological polar surface area (TPSA) is 46.2 Å². The zero-order chi connectivity index (χ0) is 14.8. The maximum Gasteiger partial charge on any atom is 0.416 e. The molecule has 0 radical (unpaired) electrons. The maximum absolute atomic E-state index is 12.6. The molecule has 3 N–H and O–H groups in total. The molecule has 1 atom stereocenters. The van der Waals surface area contributed by atoms with Crippen molar-refractivity contribution in [3.63, 3.8) is 0 Å². The van der Waals surface area contributed by atoms with E-state index in [1.807, 2.05) is 0 Å². The fourth-order valence-electron chi connectivity index (χ4n) is 1.56. The van der Waals surface area contributed by atoms with Crippen molar-refractivity contribution in [3.05, 3.63) is 34.9 Å². The second-order valence-electron chi connectivity index (χ2n) is 4.01. The largest absolute Gasteiger partial charge is 0.416 e. The van der Waals surface area contributed by atoms with Gasteiger partial charge in [-0.25, -0.2) is 0 Å². The Kier molecular flexibility index (Phi) is 4.46. The van der Waals surface area contributed by atoms with E-state index >= 15 is 0 Å². The van der Waals surface area contributed by atoms with Crippen molar-refractivity contribution in [2.75, 3.05) is 6.61 Å². The van der Waals surface area contributed by atoms with Gasteiger partial charge in [0.1, 0.15) is 0 Å². The third kappa shape index (κ3) is 4.10. The van der Waals surface area contributed by atoms with Gasteiger partial charge in [0.2, 0.25) is 0 Å². The Hall–Kier alpha value is -1.28. The van der Waals surface area contributed by atoms with Crippen LogP contribution in [0.4, 0.5) is 26.3 Å². The van der Waals surface area contributed by atoms with Gasteiger partial charge < -0.3 is 10.8 Å². The Morgan fingerprint density at radius 3 is 2.05 bits per heavy atom. The summed E-state index contributed by atoms with van der Waals surface area (Å²) in [6.45, 7) is -0.618. The molecule has 0 amide bonds. The van der Waals surface area contributed by atoms with Gasteiger partial charge in [0.15, 0.2) is 0 Å². The molecule has 1 unspecified atom stereocenters. The van der Waals surface area contributed by atoms with Crippen molar-refractivity contribution in [3.8, 4) is 0 Å². The van der Waals surface area contributed by atoms with E-state index in [1.54, 1.807) is 0 Å². The molecule has 0 aliphatic carbocycles. The first kappa shape index (κ1) is 15.8. The first-order chi connectivity index (χ1) is 8.55. The van der Waals surface area contributed by atoms with Crippen LogP contribution in [-0.4, -0.2) is 17.8 Å². The number of hydrogen-bond donors (Lipinski definition) is 2. The highest BCUT2D eigenvalue weighted by molar-refractivity contribution is 5.36. The lowest BCUT2D eigenvalue weighted by Gasteiger charge is -2.17. The Morgan fingerprint density at radius 1 is 1.05 bits per heavy atom. The van der Waals surface area contributed by atoms with Gasteiger partial charge in [-0.2, -0.15) is 26.3 Å². The van der Waals surface area contributed by atoms with Crippen LogP contribution >= 0.6 is 0 Å². The molecular formula is C11H11F6NO. The normalized spacial score (nSPS) is 14.5. The van der Waals surface area contributed by atoms with Crippen LogP contribution in [0.15, 0.2) is 18.2 Å². The minimum atomic E-state index is -4.77. The van der Waals surface area contributed by atoms with Crippen molar-refractivity contribution in [1.29, 1.82) is 0 Å². The molecule has 1 aromatic rings. The van der Waals surface area contributed by atoms with E-state index < -0.39 is 48.1 Å². The maximum atomic E-state index is 12.6. The van der Waals surface area contributed by atoms with Crippen molar-refractivity contribution in [2.24, 2.45) is 5.73 Å². The summed E-state index contributed by atoms with van der Waals surface area (Å²) in [6, 6.07) is 0.113. The van der Waals surface area contributed by atoms with E-state index in [4.69, 9.17) is 10.8 Å². The summed E-state index contributed by atoms with van der Waals surface area (Å²) in [5.41, 5.74) is 2.34. The average molecular weight is 287 g/mol. The van der Waals surface area contributed by atoms with E-state index in [-0.39, 0.29) is 0 Å². The quantitative estimate of drug-likeness (QED) is 0.839. The van der Waals surface area contributed by atoms with E-state index in [9.17, 15) is 26.3 Å². The Morgan fingerprint density at radius 2 is 1.63 bits per heavy atom. The van der Waals surface area contributed by atoms with Crippen molar-refractivity contribution in [1.82, 2.24) is 0 Å². The summed E-state index contributed by atoms with van der Waals surface area (Å²) in [5, 5.41) is 8.69. The SMILES string of the molecule is NC(CO)Cc1cc(C(F)(F)F)ccc1C(F)(F)F. The molecule has 8 heteroatoms. The van der Waals surface area contributed by atoms with Crippen LogP contribution in [0.3, 0.4) is 0 Å². The van der Waals surface area contributed by atoms with Crippen LogP contribution in [0.2, 0.25) is 0 Å². The fraction of sp³-hybridized carbons (Fsp3) is 0.455. The molecule has 0 saturated heterocycles. The number of benzene rings is 1. The Bertz CT molecular complexity index is 440. The van der Waals surface area contributed by atoms with Gasteiger partial charge in [-0.05, 0) is 30.2 Å². The zero-order valence-corrected chi connectivity index (χ0v) is 9.52. The number of hydrogen-bond acceptors (Lipinski definition) is 2. The highest BCUT2D eigenvalue weighted by Crippen LogP contribution is 2.36. The number of aliphatic hydroxyl groups excluding tert-OH is 1. The summed E-state index contributed by atoms with van der Waals surface area (Å²) in [6.07, 6.45) is -9.99. The monoisotopic (exact) mass is 287 g/mol. The third-order valence-corrected chi connectivity index (χ3v) is 2.45. The second-order valence-corrected chi connectivity index (χ2v) is 4.01. The fourth-order valence-corrected chi connectivity index (χ4v) is 1.56. The summed E-state index contributed by atoms with van der Waals surface area (Å²) in [7, 11) is 0. The van der Waals surface area contributed by atoms with Crippen molar-refractivity contribution in [2.45, 2.75) is 24.8 Å². The number of alkyl halides is 6. The number of aliphatic hydroxyl groups is 1. The molecule has 0 aromatic heterocycles. The average Bonchev–Trinajstić information content (AvgIpc) is 2.26. The van der Waals surface area contributed by atoms with Crippen LogP contribution in [0.5, 0.6) is 0 Å². The first-order valence-corrected chi connectivity index (χ1v) is 5.19. The summed E-state index contributed by atoms with van der Waals surface area (Å²) >= 11 is 0. The molecular weight excluding hydrogens is 276 g/mol. The lowest BCUT2D eigenvalue weighted by molar-refractivity contribution is -0.141. The molecule has 0 saturated carbocycles. The van der Waals surface area contributed by atoms with Gasteiger partial charge >= 0.3 is 12.4 Å². The molecule has 0 heterocycles. The Balaban J connectivity index is 3.27. The van der Waals surface area contributed by atoms with Crippen LogP contribution in [0.1, 0.15) is 16.7 Å². The lowest BCUT2D eigenvalue weighted by atomic mass is 9.97. The first-order valence-electron chi connectivity index (χ1n) is 5.19. The lowest BCUT2D eigenvalue weighted by Crippen LogP contribution is -2.28. The molecule has 0 aliphatic rings. The van der Waals surface area contributed by atoms with Crippen LogP contribution in [0, 0.1) is 0 Å². The number of nitrogens with two attached hydrogens (primary N) is 1.